The van der Waals surface area contributed by atoms with E-state index in [0.717, 1.165) is 58.2 Å². The molecule has 5 atom stereocenters. The van der Waals surface area contributed by atoms with Crippen LogP contribution in [0.3, 0.4) is 0 Å². The highest BCUT2D eigenvalue weighted by atomic mass is 35.5. The number of anilines is 1. The van der Waals surface area contributed by atoms with Gasteiger partial charge in [0.25, 0.3) is 0 Å². The molecule has 0 amide bonds. The monoisotopic (exact) mass is 632 g/mol. The van der Waals surface area contributed by atoms with Crippen LogP contribution in [-0.4, -0.2) is 80.5 Å². The fourth-order valence-corrected chi connectivity index (χ4v) is 9.57. The average molecular weight is 633 g/mol. The molecule has 0 radical (unpaired) electrons. The van der Waals surface area contributed by atoms with Gasteiger partial charge in [-0.1, -0.05) is 23.7 Å². The molecule has 5 aliphatic rings. The van der Waals surface area contributed by atoms with Crippen LogP contribution in [0.1, 0.15) is 51.4 Å². The van der Waals surface area contributed by atoms with Crippen molar-refractivity contribution >= 4 is 39.1 Å². The van der Waals surface area contributed by atoms with Crippen LogP contribution >= 0.6 is 11.6 Å². The summed E-state index contributed by atoms with van der Waals surface area (Å²) < 4.78 is 39.2. The first-order valence-corrected chi connectivity index (χ1v) is 16.6. The lowest BCUT2D eigenvalue weighted by Gasteiger charge is -2.35. The molecule has 11 heteroatoms. The van der Waals surface area contributed by atoms with Gasteiger partial charge in [0.15, 0.2) is 5.82 Å². The average Bonchev–Trinajstić information content (AvgIpc) is 3.74. The predicted molar refractivity (Wildman–Crippen MR) is 169 cm³/mol. The Morgan fingerprint density at radius 3 is 2.78 bits per heavy atom. The van der Waals surface area contributed by atoms with Crippen LogP contribution in [-0.2, 0) is 0 Å². The lowest BCUT2D eigenvalue weighted by molar-refractivity contribution is 0.0811. The van der Waals surface area contributed by atoms with Gasteiger partial charge in [0.05, 0.1) is 10.9 Å². The Kier molecular flexibility index (Phi) is 6.25. The van der Waals surface area contributed by atoms with E-state index in [2.05, 4.69) is 25.1 Å². The summed E-state index contributed by atoms with van der Waals surface area (Å²) in [6, 6.07) is 9.12. The summed E-state index contributed by atoms with van der Waals surface area (Å²) in [5.41, 5.74) is -1.05. The van der Waals surface area contributed by atoms with Gasteiger partial charge in [-0.05, 0) is 75.1 Å². The van der Waals surface area contributed by atoms with Gasteiger partial charge in [0, 0.05) is 59.8 Å². The molecule has 1 aliphatic carbocycles. The molecule has 2 aromatic carbocycles. The van der Waals surface area contributed by atoms with Gasteiger partial charge in [-0.2, -0.15) is 9.97 Å². The highest BCUT2D eigenvalue weighted by molar-refractivity contribution is 6.36. The number of alkyl halides is 1. The van der Waals surface area contributed by atoms with Crippen molar-refractivity contribution in [2.24, 2.45) is 0 Å². The van der Waals surface area contributed by atoms with E-state index in [0.29, 0.717) is 57.5 Å². The number of benzene rings is 2. The molecule has 2 bridgehead atoms. The third-order valence-corrected chi connectivity index (χ3v) is 11.4. The number of nitrogens with zero attached hydrogens (tertiary/aromatic N) is 5. The Bertz CT molecular complexity index is 1850. The van der Waals surface area contributed by atoms with Crippen LogP contribution in [0.5, 0.6) is 11.8 Å². The number of aromatic hydroxyl groups is 1. The van der Waals surface area contributed by atoms with Gasteiger partial charge in [-0.3, -0.25) is 9.88 Å². The van der Waals surface area contributed by atoms with Crippen molar-refractivity contribution in [3.8, 4) is 23.0 Å². The SMILES string of the molecule is Oc1cc(-c2ncc3c(N4CC5CCC(C4)N5)nc(OC[C@]45CCCN4[C@H]4CCC[C@@]4(F)C5)nc3c2F)c2c(Cl)cccc2c1. The normalized spacial score (nSPS) is 30.8. The van der Waals surface area contributed by atoms with E-state index in [1.54, 1.807) is 24.4 Å². The zero-order valence-electron chi connectivity index (χ0n) is 24.9. The quantitative estimate of drug-likeness (QED) is 0.271. The summed E-state index contributed by atoms with van der Waals surface area (Å²) in [6.07, 6.45) is 8.53. The number of fused-ring (bicyclic) bond motifs is 7. The van der Waals surface area contributed by atoms with Gasteiger partial charge in [0.2, 0.25) is 0 Å². The van der Waals surface area contributed by atoms with Crippen LogP contribution in [0.15, 0.2) is 36.5 Å². The smallest absolute Gasteiger partial charge is 0.319 e. The Morgan fingerprint density at radius 1 is 1.09 bits per heavy atom. The largest absolute Gasteiger partial charge is 0.508 e. The van der Waals surface area contributed by atoms with Gasteiger partial charge in [-0.15, -0.1) is 0 Å². The maximum Gasteiger partial charge on any atom is 0.319 e. The predicted octanol–water partition coefficient (Wildman–Crippen LogP) is 6.16. The van der Waals surface area contributed by atoms with Gasteiger partial charge in [-0.25, -0.2) is 8.78 Å². The van der Waals surface area contributed by atoms with Crippen molar-refractivity contribution < 1.29 is 18.6 Å². The summed E-state index contributed by atoms with van der Waals surface area (Å²) in [6.45, 7) is 2.61. The van der Waals surface area contributed by atoms with Crippen LogP contribution in [0.25, 0.3) is 32.9 Å². The Labute approximate surface area is 264 Å². The molecular formula is C34H35ClF2N6O2. The number of hydrogen-bond acceptors (Lipinski definition) is 8. The Morgan fingerprint density at radius 2 is 1.93 bits per heavy atom. The topological polar surface area (TPSA) is 86.6 Å². The maximum absolute atomic E-state index is 16.8. The Balaban J connectivity index is 1.15. The standard InChI is InChI=1S/C34H35ClF2N6O2/c35-25-5-1-4-19-12-22(44)13-23(27(19)25)29-28(36)30-24(14-38-29)31(42-15-20-7-8-21(16-42)39-20)41-32(40-30)45-18-33-9-3-11-43(33)26-6-2-10-34(26,37)17-33/h1,4-5,12-14,20-21,26,39,44H,2-3,6-11,15-18H2/t20?,21?,26-,33+,34+/m0/s1. The summed E-state index contributed by atoms with van der Waals surface area (Å²) in [5.74, 6) is -0.0574. The van der Waals surface area contributed by atoms with Gasteiger partial charge in [0.1, 0.15) is 35.1 Å². The third kappa shape index (κ3) is 4.32. The minimum atomic E-state index is -1.17. The zero-order chi connectivity index (χ0) is 30.5. The molecule has 5 fully saturated rings. The molecule has 45 heavy (non-hydrogen) atoms. The van der Waals surface area contributed by atoms with Crippen molar-refractivity contribution in [3.05, 3.63) is 47.4 Å². The first-order valence-electron chi connectivity index (χ1n) is 16.2. The van der Waals surface area contributed by atoms with Gasteiger partial charge < -0.3 is 20.1 Å². The van der Waals surface area contributed by atoms with E-state index >= 15 is 8.78 Å². The highest BCUT2D eigenvalue weighted by Gasteiger charge is 2.63. The van der Waals surface area contributed by atoms with E-state index in [-0.39, 0.29) is 35.6 Å². The van der Waals surface area contributed by atoms with E-state index in [1.165, 1.54) is 6.07 Å². The molecule has 1 saturated carbocycles. The molecule has 4 aromatic rings. The molecule has 2 N–H and O–H groups in total. The number of pyridine rings is 1. The zero-order valence-corrected chi connectivity index (χ0v) is 25.7. The lowest BCUT2D eigenvalue weighted by atomic mass is 9.88. The lowest BCUT2D eigenvalue weighted by Crippen LogP contribution is -2.51. The third-order valence-electron chi connectivity index (χ3n) is 11.1. The second-order valence-electron chi connectivity index (χ2n) is 13.8. The van der Waals surface area contributed by atoms with E-state index in [9.17, 15) is 5.11 Å². The Hall–Kier alpha value is -3.34. The molecule has 8 nitrogen and oxygen atoms in total. The number of ether oxygens (including phenoxy) is 1. The van der Waals surface area contributed by atoms with Gasteiger partial charge >= 0.3 is 6.01 Å². The molecule has 234 valence electrons. The number of phenols is 1. The number of rotatable bonds is 5. The second kappa shape index (κ2) is 10.1. The van der Waals surface area contributed by atoms with E-state index in [4.69, 9.17) is 21.3 Å². The molecule has 6 heterocycles. The first kappa shape index (κ1) is 27.9. The maximum atomic E-state index is 16.8. The first-order chi connectivity index (χ1) is 21.8. The number of nitrogens with one attached hydrogen (secondary N) is 1. The molecule has 2 unspecified atom stereocenters. The van der Waals surface area contributed by atoms with Crippen molar-refractivity contribution in [2.75, 3.05) is 31.1 Å². The van der Waals surface area contributed by atoms with Crippen LogP contribution in [0.4, 0.5) is 14.6 Å². The minimum Gasteiger partial charge on any atom is -0.508 e. The summed E-state index contributed by atoms with van der Waals surface area (Å²) >= 11 is 6.59. The van der Waals surface area contributed by atoms with E-state index < -0.39 is 17.0 Å². The van der Waals surface area contributed by atoms with Crippen molar-refractivity contribution in [2.45, 2.75) is 80.7 Å². The van der Waals surface area contributed by atoms with E-state index in [1.807, 2.05) is 6.07 Å². The van der Waals surface area contributed by atoms with Crippen molar-refractivity contribution in [1.82, 2.24) is 25.2 Å². The fraction of sp³-hybridized carbons (Fsp3) is 0.500. The number of halogens is 3. The van der Waals surface area contributed by atoms with Crippen LogP contribution in [0, 0.1) is 5.82 Å². The molecule has 2 aromatic heterocycles. The second-order valence-corrected chi connectivity index (χ2v) is 14.2. The van der Waals surface area contributed by atoms with Crippen molar-refractivity contribution in [1.29, 1.82) is 0 Å². The number of hydrogen-bond donors (Lipinski definition) is 2. The fourth-order valence-electron chi connectivity index (χ4n) is 9.28. The van der Waals surface area contributed by atoms with Crippen molar-refractivity contribution in [3.63, 3.8) is 0 Å². The number of aromatic nitrogens is 3. The molecule has 0 spiro atoms. The van der Waals surface area contributed by atoms with Crippen LogP contribution in [0.2, 0.25) is 5.02 Å². The molecule has 9 rings (SSSR count). The van der Waals surface area contributed by atoms with Crippen LogP contribution < -0.4 is 15.0 Å². The molecule has 4 aliphatic heterocycles. The molecule has 4 saturated heterocycles. The minimum absolute atomic E-state index is 0.0166. The number of piperazine rings is 1. The summed E-state index contributed by atoms with van der Waals surface area (Å²) in [5, 5.41) is 16.4. The number of phenolic OH excluding ortho intramolecular Hbond substituents is 1. The summed E-state index contributed by atoms with van der Waals surface area (Å²) in [4.78, 5) is 18.7. The highest BCUT2D eigenvalue weighted by Crippen LogP contribution is 2.55. The molecular weight excluding hydrogens is 598 g/mol. The summed E-state index contributed by atoms with van der Waals surface area (Å²) in [7, 11) is 0.